The topological polar surface area (TPSA) is 70.1 Å². The van der Waals surface area contributed by atoms with Crippen molar-refractivity contribution in [3.63, 3.8) is 0 Å². The van der Waals surface area contributed by atoms with E-state index < -0.39 is 5.91 Å². The molecule has 1 aromatic heterocycles. The largest absolute Gasteiger partial charge is 0.370 e. The van der Waals surface area contributed by atoms with E-state index in [0.29, 0.717) is 23.4 Å². The molecule has 2 N–H and O–H groups in total. The maximum Gasteiger partial charge on any atom is 0.243 e. The summed E-state index contributed by atoms with van der Waals surface area (Å²) < 4.78 is 20.1. The number of hydrogen-bond donors (Lipinski definition) is 1. The maximum absolute atomic E-state index is 13.3. The summed E-state index contributed by atoms with van der Waals surface area (Å²) in [6.45, 7) is 0.557. The van der Waals surface area contributed by atoms with Crippen molar-refractivity contribution in [3.05, 3.63) is 29.8 Å². The number of halogens is 2. The molecule has 0 atom stereocenters. The van der Waals surface area contributed by atoms with Gasteiger partial charge in [0, 0.05) is 6.54 Å². The third-order valence-electron chi connectivity index (χ3n) is 2.61. The summed E-state index contributed by atoms with van der Waals surface area (Å²) >= 11 is 5.81. The molecule has 1 amide bonds. The van der Waals surface area contributed by atoms with Gasteiger partial charge in [-0.15, -0.1) is 11.6 Å². The first-order valence-corrected chi connectivity index (χ1v) is 6.22. The number of primary amides is 1. The maximum atomic E-state index is 13.3. The standard InChI is InChI=1S/C12H13ClFN3O2/c13-6-12-16-9-2-1-8(14)5-10(9)17(12)3-4-19-7-11(15)18/h1-2,5H,3-4,6-7H2,(H2,15,18). The number of carbonyl (C=O) groups is 1. The zero-order valence-electron chi connectivity index (χ0n) is 10.1. The van der Waals surface area contributed by atoms with E-state index in [1.54, 1.807) is 10.6 Å². The average molecular weight is 286 g/mol. The number of aromatic nitrogens is 2. The summed E-state index contributed by atoms with van der Waals surface area (Å²) in [5.41, 5.74) is 6.29. The predicted octanol–water partition coefficient (Wildman–Crippen LogP) is 1.42. The van der Waals surface area contributed by atoms with Crippen LogP contribution >= 0.6 is 11.6 Å². The Kier molecular flexibility index (Phi) is 4.34. The van der Waals surface area contributed by atoms with E-state index in [2.05, 4.69) is 4.98 Å². The van der Waals surface area contributed by atoms with E-state index in [1.807, 2.05) is 0 Å². The monoisotopic (exact) mass is 285 g/mol. The smallest absolute Gasteiger partial charge is 0.243 e. The van der Waals surface area contributed by atoms with Gasteiger partial charge in [-0.2, -0.15) is 0 Å². The normalized spacial score (nSPS) is 11.1. The molecule has 5 nitrogen and oxygen atoms in total. The molecule has 0 bridgehead atoms. The average Bonchev–Trinajstić information content (AvgIpc) is 2.72. The Morgan fingerprint density at radius 3 is 3.00 bits per heavy atom. The van der Waals surface area contributed by atoms with E-state index in [1.165, 1.54) is 12.1 Å². The zero-order valence-corrected chi connectivity index (χ0v) is 10.9. The first-order chi connectivity index (χ1) is 9.11. The summed E-state index contributed by atoms with van der Waals surface area (Å²) in [6, 6.07) is 4.34. The van der Waals surface area contributed by atoms with Gasteiger partial charge in [0.2, 0.25) is 5.91 Å². The molecule has 19 heavy (non-hydrogen) atoms. The fourth-order valence-electron chi connectivity index (χ4n) is 1.83. The second-order valence-electron chi connectivity index (χ2n) is 3.97. The Morgan fingerprint density at radius 1 is 1.53 bits per heavy atom. The number of alkyl halides is 1. The van der Waals surface area contributed by atoms with Crippen molar-refractivity contribution in [2.24, 2.45) is 5.73 Å². The number of rotatable bonds is 6. The van der Waals surface area contributed by atoms with Gasteiger partial charge < -0.3 is 15.0 Å². The number of imidazole rings is 1. The number of fused-ring (bicyclic) bond motifs is 1. The molecular formula is C12H13ClFN3O2. The van der Waals surface area contributed by atoms with Gasteiger partial charge in [0.25, 0.3) is 0 Å². The van der Waals surface area contributed by atoms with E-state index in [4.69, 9.17) is 22.1 Å². The highest BCUT2D eigenvalue weighted by atomic mass is 35.5. The molecule has 0 aliphatic heterocycles. The van der Waals surface area contributed by atoms with E-state index in [9.17, 15) is 9.18 Å². The van der Waals surface area contributed by atoms with Gasteiger partial charge >= 0.3 is 0 Å². The Morgan fingerprint density at radius 2 is 2.32 bits per heavy atom. The van der Waals surface area contributed by atoms with Gasteiger partial charge in [0.05, 0.1) is 23.5 Å². The first-order valence-electron chi connectivity index (χ1n) is 5.68. The summed E-state index contributed by atoms with van der Waals surface area (Å²) in [4.78, 5) is 14.9. The molecule has 0 fully saturated rings. The van der Waals surface area contributed by atoms with Gasteiger partial charge in [-0.05, 0) is 18.2 Å². The predicted molar refractivity (Wildman–Crippen MR) is 69.3 cm³/mol. The van der Waals surface area contributed by atoms with Crippen molar-refractivity contribution in [2.45, 2.75) is 12.4 Å². The molecule has 2 aromatic rings. The number of amides is 1. The molecule has 1 aromatic carbocycles. The number of carbonyl (C=O) groups excluding carboxylic acids is 1. The fraction of sp³-hybridized carbons (Fsp3) is 0.333. The number of nitrogens with zero attached hydrogens (tertiary/aromatic N) is 2. The van der Waals surface area contributed by atoms with E-state index in [0.717, 1.165) is 0 Å². The summed E-state index contributed by atoms with van der Waals surface area (Å²) in [7, 11) is 0. The van der Waals surface area contributed by atoms with Crippen LogP contribution in [-0.4, -0.2) is 28.7 Å². The number of hydrogen-bond acceptors (Lipinski definition) is 3. The van der Waals surface area contributed by atoms with Crippen molar-refractivity contribution >= 4 is 28.5 Å². The van der Waals surface area contributed by atoms with Crippen molar-refractivity contribution in [3.8, 4) is 0 Å². The van der Waals surface area contributed by atoms with Gasteiger partial charge in [0.15, 0.2) is 0 Å². The minimum Gasteiger partial charge on any atom is -0.370 e. The number of benzene rings is 1. The van der Waals surface area contributed by atoms with Crippen LogP contribution in [-0.2, 0) is 22.0 Å². The van der Waals surface area contributed by atoms with Gasteiger partial charge in [0.1, 0.15) is 18.2 Å². The lowest BCUT2D eigenvalue weighted by molar-refractivity contribution is -0.122. The molecule has 7 heteroatoms. The molecule has 0 radical (unpaired) electrons. The molecule has 0 aliphatic carbocycles. The summed E-state index contributed by atoms with van der Waals surface area (Å²) in [5, 5.41) is 0. The summed E-state index contributed by atoms with van der Waals surface area (Å²) in [5.74, 6) is -0.0246. The fourth-order valence-corrected chi connectivity index (χ4v) is 2.03. The van der Waals surface area contributed by atoms with E-state index >= 15 is 0 Å². The van der Waals surface area contributed by atoms with E-state index in [-0.39, 0.29) is 24.9 Å². The SMILES string of the molecule is NC(=O)COCCn1c(CCl)nc2ccc(F)cc21. The minimum atomic E-state index is -0.529. The highest BCUT2D eigenvalue weighted by Gasteiger charge is 2.10. The third kappa shape index (κ3) is 3.21. The van der Waals surface area contributed by atoms with Crippen molar-refractivity contribution in [1.82, 2.24) is 9.55 Å². The van der Waals surface area contributed by atoms with Crippen LogP contribution in [0.15, 0.2) is 18.2 Å². The van der Waals surface area contributed by atoms with Gasteiger partial charge in [-0.3, -0.25) is 4.79 Å². The van der Waals surface area contributed by atoms with Crippen molar-refractivity contribution in [1.29, 1.82) is 0 Å². The second-order valence-corrected chi connectivity index (χ2v) is 4.23. The highest BCUT2D eigenvalue weighted by molar-refractivity contribution is 6.16. The van der Waals surface area contributed by atoms with Crippen molar-refractivity contribution < 1.29 is 13.9 Å². The zero-order chi connectivity index (χ0) is 13.8. The van der Waals surface area contributed by atoms with Crippen LogP contribution in [0.3, 0.4) is 0 Å². The Balaban J connectivity index is 2.19. The first kappa shape index (κ1) is 13.8. The third-order valence-corrected chi connectivity index (χ3v) is 2.85. The number of ether oxygens (including phenoxy) is 1. The van der Waals surface area contributed by atoms with Crippen LogP contribution in [0.1, 0.15) is 5.82 Å². The van der Waals surface area contributed by atoms with Crippen LogP contribution in [0.4, 0.5) is 4.39 Å². The Bertz CT molecular complexity index is 600. The van der Waals surface area contributed by atoms with Crippen LogP contribution < -0.4 is 5.73 Å². The van der Waals surface area contributed by atoms with Gasteiger partial charge in [-0.25, -0.2) is 9.37 Å². The molecule has 2 rings (SSSR count). The van der Waals surface area contributed by atoms with Crippen LogP contribution in [0.2, 0.25) is 0 Å². The second kappa shape index (κ2) is 5.99. The lowest BCUT2D eigenvalue weighted by Gasteiger charge is -2.07. The minimum absolute atomic E-state index is 0.142. The van der Waals surface area contributed by atoms with Crippen LogP contribution in [0.5, 0.6) is 0 Å². The molecule has 0 saturated heterocycles. The molecule has 0 aliphatic rings. The van der Waals surface area contributed by atoms with Crippen molar-refractivity contribution in [2.75, 3.05) is 13.2 Å². The molecule has 0 spiro atoms. The molecule has 0 unspecified atom stereocenters. The van der Waals surface area contributed by atoms with Crippen LogP contribution in [0, 0.1) is 5.82 Å². The molecule has 0 saturated carbocycles. The Labute approximate surface area is 114 Å². The lowest BCUT2D eigenvalue weighted by Crippen LogP contribution is -2.20. The Hall–Kier alpha value is -1.66. The van der Waals surface area contributed by atoms with Gasteiger partial charge in [-0.1, -0.05) is 0 Å². The highest BCUT2D eigenvalue weighted by Crippen LogP contribution is 2.18. The molecule has 102 valence electrons. The quantitative estimate of drug-likeness (QED) is 0.644. The lowest BCUT2D eigenvalue weighted by atomic mass is 10.3. The number of nitrogens with two attached hydrogens (primary N) is 1. The molecular weight excluding hydrogens is 273 g/mol. The van der Waals surface area contributed by atoms with Crippen LogP contribution in [0.25, 0.3) is 11.0 Å². The summed E-state index contributed by atoms with van der Waals surface area (Å²) in [6.07, 6.45) is 0. The molecule has 1 heterocycles.